The van der Waals surface area contributed by atoms with Crippen LogP contribution in [0.15, 0.2) is 12.4 Å². The molecule has 1 heterocycles. The van der Waals surface area contributed by atoms with Gasteiger partial charge in [0.15, 0.2) is 0 Å². The van der Waals surface area contributed by atoms with Crippen LogP contribution in [0.25, 0.3) is 0 Å². The molecule has 0 aromatic carbocycles. The van der Waals surface area contributed by atoms with Gasteiger partial charge < -0.3 is 5.73 Å². The molecule has 1 rings (SSSR count). The summed E-state index contributed by atoms with van der Waals surface area (Å²) in [5.74, 6) is 0.540. The first-order valence-electron chi connectivity index (χ1n) is 8.20. The van der Waals surface area contributed by atoms with Crippen molar-refractivity contribution in [3.8, 4) is 0 Å². The summed E-state index contributed by atoms with van der Waals surface area (Å²) in [6.07, 6.45) is 14.9. The van der Waals surface area contributed by atoms with Gasteiger partial charge in [-0.25, -0.2) is 4.98 Å². The van der Waals surface area contributed by atoms with Gasteiger partial charge in [0.05, 0.1) is 11.9 Å². The van der Waals surface area contributed by atoms with Crippen LogP contribution in [0.4, 0.5) is 5.82 Å². The molecule has 3 nitrogen and oxygen atoms in total. The molecule has 0 saturated heterocycles. The van der Waals surface area contributed by atoms with Crippen molar-refractivity contribution in [1.29, 1.82) is 0 Å². The van der Waals surface area contributed by atoms with Gasteiger partial charge in [-0.2, -0.15) is 0 Å². The average Bonchev–Trinajstić information content (AvgIpc) is 2.44. The molecule has 20 heavy (non-hydrogen) atoms. The average molecular weight is 277 g/mol. The maximum absolute atomic E-state index is 5.81. The number of nitrogens with two attached hydrogens (primary N) is 1. The van der Waals surface area contributed by atoms with E-state index in [9.17, 15) is 0 Å². The van der Waals surface area contributed by atoms with E-state index in [1.54, 1.807) is 6.20 Å². The van der Waals surface area contributed by atoms with Crippen LogP contribution in [0, 0.1) is 0 Å². The van der Waals surface area contributed by atoms with Crippen molar-refractivity contribution in [1.82, 2.24) is 9.97 Å². The second kappa shape index (κ2) is 8.93. The molecule has 0 fully saturated rings. The van der Waals surface area contributed by atoms with Gasteiger partial charge in [-0.3, -0.25) is 4.98 Å². The molecule has 0 aliphatic carbocycles. The molecule has 0 radical (unpaired) electrons. The number of anilines is 1. The van der Waals surface area contributed by atoms with E-state index in [1.165, 1.54) is 57.8 Å². The van der Waals surface area contributed by atoms with Crippen molar-refractivity contribution in [2.24, 2.45) is 0 Å². The molecule has 0 amide bonds. The zero-order chi connectivity index (χ0) is 14.8. The smallest absolute Gasteiger partial charge is 0.142 e. The predicted molar refractivity (Wildman–Crippen MR) is 86.7 cm³/mol. The first-order valence-corrected chi connectivity index (χ1v) is 8.20. The summed E-state index contributed by atoms with van der Waals surface area (Å²) in [6.45, 7) is 6.83. The Balaban J connectivity index is 2.71. The van der Waals surface area contributed by atoms with E-state index >= 15 is 0 Å². The highest BCUT2D eigenvalue weighted by Crippen LogP contribution is 2.34. The Bertz CT molecular complexity index is 378. The quantitative estimate of drug-likeness (QED) is 0.621. The molecule has 1 atom stereocenters. The number of nitrogen functional groups attached to an aromatic ring is 1. The van der Waals surface area contributed by atoms with Crippen LogP contribution < -0.4 is 5.73 Å². The lowest BCUT2D eigenvalue weighted by Gasteiger charge is -2.29. The predicted octanol–water partition coefficient (Wildman–Crippen LogP) is 4.87. The first kappa shape index (κ1) is 16.9. The monoisotopic (exact) mass is 277 g/mol. The van der Waals surface area contributed by atoms with Crippen molar-refractivity contribution in [2.45, 2.75) is 84.0 Å². The number of aromatic nitrogens is 2. The summed E-state index contributed by atoms with van der Waals surface area (Å²) >= 11 is 0. The molecule has 0 aliphatic rings. The van der Waals surface area contributed by atoms with Gasteiger partial charge in [0.1, 0.15) is 5.82 Å². The summed E-state index contributed by atoms with van der Waals surface area (Å²) < 4.78 is 0. The van der Waals surface area contributed by atoms with Crippen molar-refractivity contribution in [3.63, 3.8) is 0 Å². The van der Waals surface area contributed by atoms with Crippen molar-refractivity contribution < 1.29 is 0 Å². The van der Waals surface area contributed by atoms with Gasteiger partial charge in [-0.05, 0) is 12.8 Å². The summed E-state index contributed by atoms with van der Waals surface area (Å²) in [6, 6.07) is 0. The minimum absolute atomic E-state index is 0.130. The third kappa shape index (κ3) is 5.48. The minimum Gasteiger partial charge on any atom is -0.382 e. The Morgan fingerprint density at radius 2 is 1.55 bits per heavy atom. The Hall–Kier alpha value is -1.12. The van der Waals surface area contributed by atoms with Crippen LogP contribution in [0.5, 0.6) is 0 Å². The van der Waals surface area contributed by atoms with E-state index in [2.05, 4.69) is 30.7 Å². The molecule has 1 aromatic rings. The molecule has 0 saturated carbocycles. The Kier molecular flexibility index (Phi) is 7.56. The zero-order valence-electron chi connectivity index (χ0n) is 13.5. The summed E-state index contributed by atoms with van der Waals surface area (Å²) in [4.78, 5) is 8.77. The van der Waals surface area contributed by atoms with Crippen molar-refractivity contribution in [2.75, 3.05) is 5.73 Å². The van der Waals surface area contributed by atoms with E-state index in [4.69, 9.17) is 5.73 Å². The topological polar surface area (TPSA) is 51.8 Å². The number of unbranched alkanes of at least 4 members (excludes halogenated alkanes) is 5. The van der Waals surface area contributed by atoms with Gasteiger partial charge in [-0.1, -0.05) is 65.7 Å². The van der Waals surface area contributed by atoms with E-state index in [-0.39, 0.29) is 5.41 Å². The van der Waals surface area contributed by atoms with Crippen LogP contribution in [0.2, 0.25) is 0 Å². The second-order valence-electron chi connectivity index (χ2n) is 6.16. The van der Waals surface area contributed by atoms with Crippen molar-refractivity contribution in [3.05, 3.63) is 18.1 Å². The molecule has 114 valence electrons. The summed E-state index contributed by atoms with van der Waals surface area (Å²) in [5, 5.41) is 0. The fraction of sp³-hybridized carbons (Fsp3) is 0.765. The molecule has 3 heteroatoms. The summed E-state index contributed by atoms with van der Waals surface area (Å²) in [7, 11) is 0. The Morgan fingerprint density at radius 3 is 2.15 bits per heavy atom. The highest BCUT2D eigenvalue weighted by Gasteiger charge is 2.27. The number of hydrogen-bond acceptors (Lipinski definition) is 3. The lowest BCUT2D eigenvalue weighted by Crippen LogP contribution is -2.24. The number of hydrogen-bond donors (Lipinski definition) is 1. The molecule has 0 bridgehead atoms. The van der Waals surface area contributed by atoms with Gasteiger partial charge >= 0.3 is 0 Å². The minimum atomic E-state index is 0.130. The molecule has 2 N–H and O–H groups in total. The van der Waals surface area contributed by atoms with E-state index in [0.717, 1.165) is 5.69 Å². The fourth-order valence-corrected chi connectivity index (χ4v) is 2.76. The van der Waals surface area contributed by atoms with E-state index in [1.807, 2.05) is 6.20 Å². The fourth-order valence-electron chi connectivity index (χ4n) is 2.76. The Morgan fingerprint density at radius 1 is 0.950 bits per heavy atom. The molecular formula is C17H31N3. The third-order valence-corrected chi connectivity index (χ3v) is 4.19. The maximum atomic E-state index is 5.81. The van der Waals surface area contributed by atoms with Crippen LogP contribution in [0.3, 0.4) is 0 Å². The highest BCUT2D eigenvalue weighted by molar-refractivity contribution is 5.27. The van der Waals surface area contributed by atoms with Crippen LogP contribution in [-0.4, -0.2) is 9.97 Å². The second-order valence-corrected chi connectivity index (χ2v) is 6.16. The molecular weight excluding hydrogens is 246 g/mol. The van der Waals surface area contributed by atoms with Crippen molar-refractivity contribution >= 4 is 5.82 Å². The van der Waals surface area contributed by atoms with E-state index < -0.39 is 0 Å². The Labute approximate surface area is 124 Å². The lowest BCUT2D eigenvalue weighted by atomic mass is 9.77. The van der Waals surface area contributed by atoms with Gasteiger partial charge in [0.2, 0.25) is 0 Å². The zero-order valence-corrected chi connectivity index (χ0v) is 13.5. The van der Waals surface area contributed by atoms with Crippen LogP contribution in [-0.2, 0) is 5.41 Å². The third-order valence-electron chi connectivity index (χ3n) is 4.19. The number of nitrogens with zero attached hydrogens (tertiary/aromatic N) is 2. The highest BCUT2D eigenvalue weighted by atomic mass is 14.9. The number of rotatable bonds is 10. The molecule has 1 aromatic heterocycles. The maximum Gasteiger partial charge on any atom is 0.142 e. The van der Waals surface area contributed by atoms with Crippen LogP contribution in [0.1, 0.15) is 84.3 Å². The van der Waals surface area contributed by atoms with Crippen LogP contribution >= 0.6 is 0 Å². The first-order chi connectivity index (χ1) is 9.62. The van der Waals surface area contributed by atoms with Gasteiger partial charge in [0.25, 0.3) is 0 Å². The molecule has 0 spiro atoms. The summed E-state index contributed by atoms with van der Waals surface area (Å²) in [5.41, 5.74) is 7.02. The largest absolute Gasteiger partial charge is 0.382 e. The SMILES string of the molecule is CCCCCCC(C)(CCCCC)c1cncc(N)n1. The normalized spacial score (nSPS) is 14.2. The lowest BCUT2D eigenvalue weighted by molar-refractivity contribution is 0.356. The molecule has 0 aliphatic heterocycles. The van der Waals surface area contributed by atoms with E-state index in [0.29, 0.717) is 5.82 Å². The van der Waals surface area contributed by atoms with Gasteiger partial charge in [-0.15, -0.1) is 0 Å². The van der Waals surface area contributed by atoms with Gasteiger partial charge in [0, 0.05) is 11.6 Å². The standard InChI is InChI=1S/C17H31N3/c1-4-6-8-10-12-17(3,11-9-7-5-2)15-13-19-14-16(18)20-15/h13-14H,4-12H2,1-3H3,(H2,18,20). The molecule has 1 unspecified atom stereocenters.